The molecule has 0 saturated heterocycles. The average molecular weight is 319 g/mol. The van der Waals surface area contributed by atoms with Crippen LogP contribution in [-0.4, -0.2) is 5.16 Å². The number of aromatic nitrogens is 1. The summed E-state index contributed by atoms with van der Waals surface area (Å²) in [6.45, 7) is 0.228. The first kappa shape index (κ1) is 14.4. The number of benzene rings is 2. The molecule has 22 heavy (non-hydrogen) atoms. The summed E-state index contributed by atoms with van der Waals surface area (Å²) in [6, 6.07) is 13.7. The second-order valence-corrected chi connectivity index (χ2v) is 5.07. The van der Waals surface area contributed by atoms with Crippen molar-refractivity contribution in [2.75, 3.05) is 5.73 Å². The topological polar surface area (TPSA) is 61.3 Å². The van der Waals surface area contributed by atoms with Crippen LogP contribution in [0.3, 0.4) is 0 Å². The minimum atomic E-state index is -0.576. The fraction of sp³-hybridized carbons (Fsp3) is 0.0625. The van der Waals surface area contributed by atoms with E-state index < -0.39 is 5.82 Å². The van der Waals surface area contributed by atoms with Gasteiger partial charge in [0.05, 0.1) is 5.02 Å². The highest BCUT2D eigenvalue weighted by atomic mass is 35.5. The molecular formula is C16H12ClFN2O2. The molecule has 1 heterocycles. The standard InChI is InChI=1S/C16H12ClFN2O2/c17-12-6-11(14-8-15(19)20-22-14)7-13(18)16(12)21-9-10-4-2-1-3-5-10/h1-8H,9H2,(H2,19,20). The lowest BCUT2D eigenvalue weighted by atomic mass is 10.1. The zero-order valence-electron chi connectivity index (χ0n) is 11.4. The second-order valence-electron chi connectivity index (χ2n) is 4.66. The third kappa shape index (κ3) is 3.04. The number of nitrogen functional groups attached to an aromatic ring is 1. The lowest BCUT2D eigenvalue weighted by Gasteiger charge is -2.10. The highest BCUT2D eigenvalue weighted by Gasteiger charge is 2.14. The van der Waals surface area contributed by atoms with Crippen LogP contribution in [0.25, 0.3) is 11.3 Å². The molecule has 3 rings (SSSR count). The number of nitrogens with zero attached hydrogens (tertiary/aromatic N) is 1. The molecule has 1 aromatic heterocycles. The Labute approximate surface area is 131 Å². The summed E-state index contributed by atoms with van der Waals surface area (Å²) in [6.07, 6.45) is 0. The maximum Gasteiger partial charge on any atom is 0.174 e. The van der Waals surface area contributed by atoms with Crippen molar-refractivity contribution in [2.24, 2.45) is 0 Å². The lowest BCUT2D eigenvalue weighted by molar-refractivity contribution is 0.290. The van der Waals surface area contributed by atoms with Crippen LogP contribution in [-0.2, 0) is 6.61 Å². The molecule has 3 aromatic rings. The Morgan fingerprint density at radius 2 is 1.95 bits per heavy atom. The maximum absolute atomic E-state index is 14.2. The number of hydrogen-bond donors (Lipinski definition) is 1. The molecule has 0 aliphatic rings. The maximum atomic E-state index is 14.2. The molecule has 2 aromatic carbocycles. The fourth-order valence-electron chi connectivity index (χ4n) is 1.99. The van der Waals surface area contributed by atoms with E-state index in [9.17, 15) is 4.39 Å². The summed E-state index contributed by atoms with van der Waals surface area (Å²) in [5, 5.41) is 3.71. The van der Waals surface area contributed by atoms with Crippen molar-refractivity contribution < 1.29 is 13.7 Å². The Morgan fingerprint density at radius 1 is 1.18 bits per heavy atom. The highest BCUT2D eigenvalue weighted by Crippen LogP contribution is 2.34. The molecule has 0 aliphatic carbocycles. The molecule has 0 aliphatic heterocycles. The summed E-state index contributed by atoms with van der Waals surface area (Å²) in [7, 11) is 0. The molecule has 2 N–H and O–H groups in total. The molecule has 0 fully saturated rings. The molecule has 0 spiro atoms. The number of ether oxygens (including phenoxy) is 1. The van der Waals surface area contributed by atoms with Crippen molar-refractivity contribution in [3.8, 4) is 17.1 Å². The summed E-state index contributed by atoms with van der Waals surface area (Å²) >= 11 is 6.10. The van der Waals surface area contributed by atoms with Gasteiger partial charge >= 0.3 is 0 Å². The Kier molecular flexibility index (Phi) is 3.98. The molecule has 6 heteroatoms. The minimum absolute atomic E-state index is 0.00163. The van der Waals surface area contributed by atoms with Crippen LogP contribution in [0.1, 0.15) is 5.56 Å². The van der Waals surface area contributed by atoms with E-state index in [1.165, 1.54) is 12.1 Å². The zero-order chi connectivity index (χ0) is 15.5. The lowest BCUT2D eigenvalue weighted by Crippen LogP contribution is -1.98. The van der Waals surface area contributed by atoms with Crippen molar-refractivity contribution in [1.82, 2.24) is 5.16 Å². The number of rotatable bonds is 4. The molecule has 0 amide bonds. The van der Waals surface area contributed by atoms with Gasteiger partial charge in [-0.1, -0.05) is 47.1 Å². The highest BCUT2D eigenvalue weighted by molar-refractivity contribution is 6.32. The summed E-state index contributed by atoms with van der Waals surface area (Å²) < 4.78 is 24.7. The van der Waals surface area contributed by atoms with Gasteiger partial charge in [0, 0.05) is 11.6 Å². The third-order valence-corrected chi connectivity index (χ3v) is 3.32. The largest absolute Gasteiger partial charge is 0.484 e. The van der Waals surface area contributed by atoms with Crippen LogP contribution < -0.4 is 10.5 Å². The van der Waals surface area contributed by atoms with Crippen LogP contribution in [0.15, 0.2) is 53.1 Å². The van der Waals surface area contributed by atoms with E-state index in [4.69, 9.17) is 26.6 Å². The normalized spacial score (nSPS) is 10.6. The van der Waals surface area contributed by atoms with E-state index >= 15 is 0 Å². The van der Waals surface area contributed by atoms with Gasteiger partial charge < -0.3 is 15.0 Å². The Balaban J connectivity index is 1.84. The van der Waals surface area contributed by atoms with Gasteiger partial charge in [-0.3, -0.25) is 0 Å². The number of hydrogen-bond acceptors (Lipinski definition) is 4. The van der Waals surface area contributed by atoms with E-state index in [1.807, 2.05) is 30.3 Å². The van der Waals surface area contributed by atoms with Gasteiger partial charge in [0.2, 0.25) is 0 Å². The molecule has 112 valence electrons. The Hall–Kier alpha value is -2.53. The molecular weight excluding hydrogens is 307 g/mol. The van der Waals surface area contributed by atoms with Gasteiger partial charge in [-0.25, -0.2) is 4.39 Å². The predicted molar refractivity (Wildman–Crippen MR) is 82.1 cm³/mol. The average Bonchev–Trinajstić information content (AvgIpc) is 2.94. The van der Waals surface area contributed by atoms with Gasteiger partial charge in [0.1, 0.15) is 6.61 Å². The third-order valence-electron chi connectivity index (χ3n) is 3.04. The molecule has 0 bridgehead atoms. The summed E-state index contributed by atoms with van der Waals surface area (Å²) in [4.78, 5) is 0. The van der Waals surface area contributed by atoms with Crippen LogP contribution in [0.2, 0.25) is 5.02 Å². The molecule has 0 unspecified atom stereocenters. The molecule has 0 saturated carbocycles. The quantitative estimate of drug-likeness (QED) is 0.779. The van der Waals surface area contributed by atoms with E-state index in [-0.39, 0.29) is 23.2 Å². The van der Waals surface area contributed by atoms with Gasteiger partial charge in [0.15, 0.2) is 23.1 Å². The predicted octanol–water partition coefficient (Wildman–Crippen LogP) is 4.30. The van der Waals surface area contributed by atoms with Crippen LogP contribution in [0.4, 0.5) is 10.2 Å². The van der Waals surface area contributed by atoms with Crippen molar-refractivity contribution >= 4 is 17.4 Å². The van der Waals surface area contributed by atoms with Crippen molar-refractivity contribution in [3.05, 3.63) is 64.9 Å². The number of nitrogens with two attached hydrogens (primary N) is 1. The van der Waals surface area contributed by atoms with Crippen LogP contribution >= 0.6 is 11.6 Å². The molecule has 4 nitrogen and oxygen atoms in total. The van der Waals surface area contributed by atoms with E-state index in [0.717, 1.165) is 5.56 Å². The number of anilines is 1. The first-order valence-electron chi connectivity index (χ1n) is 6.52. The number of halogens is 2. The molecule has 0 atom stereocenters. The summed E-state index contributed by atoms with van der Waals surface area (Å²) in [5.41, 5.74) is 6.84. The fourth-order valence-corrected chi connectivity index (χ4v) is 2.26. The first-order chi connectivity index (χ1) is 10.6. The zero-order valence-corrected chi connectivity index (χ0v) is 12.2. The second kappa shape index (κ2) is 6.07. The first-order valence-corrected chi connectivity index (χ1v) is 6.89. The van der Waals surface area contributed by atoms with Crippen LogP contribution in [0.5, 0.6) is 5.75 Å². The Bertz CT molecular complexity index is 767. The SMILES string of the molecule is Nc1cc(-c2cc(F)c(OCc3ccccc3)c(Cl)c2)on1. The minimum Gasteiger partial charge on any atom is -0.484 e. The van der Waals surface area contributed by atoms with E-state index in [0.29, 0.717) is 11.3 Å². The van der Waals surface area contributed by atoms with Crippen LogP contribution in [0, 0.1) is 5.82 Å². The smallest absolute Gasteiger partial charge is 0.174 e. The van der Waals surface area contributed by atoms with Gasteiger partial charge in [-0.15, -0.1) is 0 Å². The van der Waals surface area contributed by atoms with Gasteiger partial charge in [-0.05, 0) is 17.7 Å². The van der Waals surface area contributed by atoms with Crippen molar-refractivity contribution in [1.29, 1.82) is 0 Å². The van der Waals surface area contributed by atoms with E-state index in [1.54, 1.807) is 6.07 Å². The van der Waals surface area contributed by atoms with Gasteiger partial charge in [-0.2, -0.15) is 0 Å². The van der Waals surface area contributed by atoms with E-state index in [2.05, 4.69) is 5.16 Å². The monoisotopic (exact) mass is 318 g/mol. The molecule has 0 radical (unpaired) electrons. The van der Waals surface area contributed by atoms with Crippen molar-refractivity contribution in [3.63, 3.8) is 0 Å². The van der Waals surface area contributed by atoms with Gasteiger partial charge in [0.25, 0.3) is 0 Å². The Morgan fingerprint density at radius 3 is 2.59 bits per heavy atom. The van der Waals surface area contributed by atoms with Crippen molar-refractivity contribution in [2.45, 2.75) is 6.61 Å². The summed E-state index contributed by atoms with van der Waals surface area (Å²) in [5.74, 6) is -0.0148.